The SMILES string of the molecule is O=C(Nc1scnc1-c1ccc(F)cc1)c1nc(C2CC2)n(-c2ccccc2Cl)n1. The molecule has 1 aliphatic rings. The van der Waals surface area contributed by atoms with Crippen molar-refractivity contribution in [3.63, 3.8) is 0 Å². The van der Waals surface area contributed by atoms with E-state index in [1.807, 2.05) is 18.2 Å². The molecule has 1 saturated carbocycles. The van der Waals surface area contributed by atoms with Crippen LogP contribution in [0.5, 0.6) is 0 Å². The fourth-order valence-corrected chi connectivity index (χ4v) is 4.05. The van der Waals surface area contributed by atoms with Crippen molar-refractivity contribution in [1.29, 1.82) is 0 Å². The lowest BCUT2D eigenvalue weighted by atomic mass is 10.1. The van der Waals surface area contributed by atoms with Gasteiger partial charge >= 0.3 is 0 Å². The number of hydrogen-bond donors (Lipinski definition) is 1. The zero-order chi connectivity index (χ0) is 20.7. The number of amides is 1. The van der Waals surface area contributed by atoms with Gasteiger partial charge in [-0.3, -0.25) is 4.79 Å². The first kappa shape index (κ1) is 18.9. The predicted octanol–water partition coefficient (Wildman–Crippen LogP) is 5.31. The van der Waals surface area contributed by atoms with Gasteiger partial charge in [-0.2, -0.15) is 0 Å². The number of hydrogen-bond acceptors (Lipinski definition) is 5. The van der Waals surface area contributed by atoms with Crippen molar-refractivity contribution in [1.82, 2.24) is 19.7 Å². The Bertz CT molecular complexity index is 1230. The molecule has 9 heteroatoms. The molecule has 1 amide bonds. The molecule has 0 atom stereocenters. The molecule has 2 heterocycles. The monoisotopic (exact) mass is 439 g/mol. The molecular formula is C21H15ClFN5OS. The van der Waals surface area contributed by atoms with Crippen LogP contribution in [-0.4, -0.2) is 25.7 Å². The summed E-state index contributed by atoms with van der Waals surface area (Å²) in [6.07, 6.45) is 2.02. The van der Waals surface area contributed by atoms with Gasteiger partial charge in [0, 0.05) is 11.5 Å². The van der Waals surface area contributed by atoms with Crippen molar-refractivity contribution in [3.8, 4) is 16.9 Å². The second-order valence-electron chi connectivity index (χ2n) is 6.92. The van der Waals surface area contributed by atoms with Gasteiger partial charge in [-0.25, -0.2) is 19.0 Å². The van der Waals surface area contributed by atoms with Gasteiger partial charge in [-0.15, -0.1) is 16.4 Å². The normalized spacial score (nSPS) is 13.4. The summed E-state index contributed by atoms with van der Waals surface area (Å²) in [4.78, 5) is 21.7. The number of carbonyl (C=O) groups excluding carboxylic acids is 1. The lowest BCUT2D eigenvalue weighted by Gasteiger charge is -2.06. The highest BCUT2D eigenvalue weighted by Crippen LogP contribution is 2.40. The van der Waals surface area contributed by atoms with E-state index >= 15 is 0 Å². The van der Waals surface area contributed by atoms with Gasteiger partial charge in [0.05, 0.1) is 16.2 Å². The Kier molecular flexibility index (Phi) is 4.80. The number of thiazole rings is 1. The van der Waals surface area contributed by atoms with Crippen LogP contribution in [0.3, 0.4) is 0 Å². The third kappa shape index (κ3) is 3.59. The second-order valence-corrected chi connectivity index (χ2v) is 8.18. The molecule has 0 spiro atoms. The Balaban J connectivity index is 1.46. The molecule has 0 bridgehead atoms. The van der Waals surface area contributed by atoms with E-state index in [2.05, 4.69) is 20.4 Å². The number of carbonyl (C=O) groups is 1. The van der Waals surface area contributed by atoms with Gasteiger partial charge in [0.1, 0.15) is 22.3 Å². The summed E-state index contributed by atoms with van der Waals surface area (Å²) >= 11 is 7.62. The summed E-state index contributed by atoms with van der Waals surface area (Å²) in [5.74, 6) is 0.303. The van der Waals surface area contributed by atoms with Crippen LogP contribution >= 0.6 is 22.9 Å². The maximum atomic E-state index is 13.2. The van der Waals surface area contributed by atoms with Gasteiger partial charge in [0.15, 0.2) is 0 Å². The molecule has 0 unspecified atom stereocenters. The quantitative estimate of drug-likeness (QED) is 0.457. The van der Waals surface area contributed by atoms with E-state index in [-0.39, 0.29) is 17.6 Å². The van der Waals surface area contributed by atoms with Crippen LogP contribution in [0.4, 0.5) is 9.39 Å². The summed E-state index contributed by atoms with van der Waals surface area (Å²) < 4.78 is 14.9. The number of halogens is 2. The number of benzene rings is 2. The highest BCUT2D eigenvalue weighted by atomic mass is 35.5. The molecule has 6 nitrogen and oxygen atoms in total. The molecule has 1 aliphatic carbocycles. The Morgan fingerprint density at radius 2 is 1.93 bits per heavy atom. The molecule has 2 aromatic heterocycles. The smallest absolute Gasteiger partial charge is 0.296 e. The first-order chi connectivity index (χ1) is 14.6. The maximum Gasteiger partial charge on any atom is 0.296 e. The minimum atomic E-state index is -0.435. The van der Waals surface area contributed by atoms with E-state index < -0.39 is 5.91 Å². The Hall–Kier alpha value is -3.10. The fourth-order valence-electron chi connectivity index (χ4n) is 3.13. The lowest BCUT2D eigenvalue weighted by Crippen LogP contribution is -2.14. The molecule has 0 saturated heterocycles. The van der Waals surface area contributed by atoms with Crippen molar-refractivity contribution in [2.75, 3.05) is 5.32 Å². The third-order valence-electron chi connectivity index (χ3n) is 4.77. The maximum absolute atomic E-state index is 13.2. The molecular weight excluding hydrogens is 425 g/mol. The summed E-state index contributed by atoms with van der Waals surface area (Å²) in [6.45, 7) is 0. The molecule has 0 radical (unpaired) electrons. The van der Waals surface area contributed by atoms with Crippen molar-refractivity contribution in [2.45, 2.75) is 18.8 Å². The van der Waals surface area contributed by atoms with Crippen LogP contribution < -0.4 is 5.32 Å². The van der Waals surface area contributed by atoms with Crippen molar-refractivity contribution < 1.29 is 9.18 Å². The van der Waals surface area contributed by atoms with Gasteiger partial charge in [-0.05, 0) is 49.2 Å². The standard InChI is InChI=1S/C21H15ClFN5OS/c22-15-3-1-2-4-16(15)28-19(13-5-6-13)25-18(27-28)20(29)26-21-17(24-11-30-21)12-7-9-14(23)10-8-12/h1-4,7-11,13H,5-6H2,(H,26,29). The van der Waals surface area contributed by atoms with Crippen LogP contribution in [0.1, 0.15) is 35.2 Å². The molecule has 2 aromatic carbocycles. The highest BCUT2D eigenvalue weighted by molar-refractivity contribution is 7.14. The molecule has 4 aromatic rings. The van der Waals surface area contributed by atoms with Gasteiger partial charge in [0.25, 0.3) is 5.91 Å². The number of nitrogens with one attached hydrogen (secondary N) is 1. The zero-order valence-electron chi connectivity index (χ0n) is 15.5. The van der Waals surface area contributed by atoms with Gasteiger partial charge < -0.3 is 5.32 Å². The second kappa shape index (κ2) is 7.62. The molecule has 150 valence electrons. The van der Waals surface area contributed by atoms with Crippen LogP contribution in [0.15, 0.2) is 54.0 Å². The van der Waals surface area contributed by atoms with E-state index in [9.17, 15) is 9.18 Å². The number of aromatic nitrogens is 4. The third-order valence-corrected chi connectivity index (χ3v) is 5.83. The highest BCUT2D eigenvalue weighted by Gasteiger charge is 2.32. The van der Waals surface area contributed by atoms with Crippen molar-refractivity contribution >= 4 is 33.8 Å². The van der Waals surface area contributed by atoms with Gasteiger partial charge in [-0.1, -0.05) is 23.7 Å². The van der Waals surface area contributed by atoms with Crippen LogP contribution in [-0.2, 0) is 0 Å². The number of rotatable bonds is 5. The van der Waals surface area contributed by atoms with Crippen molar-refractivity contribution in [3.05, 3.63) is 76.5 Å². The minimum Gasteiger partial charge on any atom is -0.309 e. The van der Waals surface area contributed by atoms with E-state index in [1.54, 1.807) is 28.4 Å². The zero-order valence-corrected chi connectivity index (χ0v) is 17.1. The summed E-state index contributed by atoms with van der Waals surface area (Å²) in [6, 6.07) is 13.3. The summed E-state index contributed by atoms with van der Waals surface area (Å²) in [5.41, 5.74) is 3.60. The molecule has 1 fully saturated rings. The molecule has 5 rings (SSSR count). The Labute approximate surface area is 180 Å². The van der Waals surface area contributed by atoms with E-state index in [4.69, 9.17) is 11.6 Å². The van der Waals surface area contributed by atoms with Gasteiger partial charge in [0.2, 0.25) is 5.82 Å². The van der Waals surface area contributed by atoms with Crippen LogP contribution in [0.25, 0.3) is 16.9 Å². The minimum absolute atomic E-state index is 0.0651. The number of para-hydroxylation sites is 1. The summed E-state index contributed by atoms with van der Waals surface area (Å²) in [5, 5.41) is 8.37. The van der Waals surface area contributed by atoms with E-state index in [1.165, 1.54) is 23.5 Å². The topological polar surface area (TPSA) is 72.7 Å². The number of nitrogens with zero attached hydrogens (tertiary/aromatic N) is 4. The van der Waals surface area contributed by atoms with Crippen LogP contribution in [0.2, 0.25) is 5.02 Å². The Morgan fingerprint density at radius 1 is 1.17 bits per heavy atom. The molecule has 1 N–H and O–H groups in total. The first-order valence-corrected chi connectivity index (χ1v) is 10.6. The Morgan fingerprint density at radius 3 is 2.67 bits per heavy atom. The lowest BCUT2D eigenvalue weighted by molar-refractivity contribution is 0.101. The largest absolute Gasteiger partial charge is 0.309 e. The van der Waals surface area contributed by atoms with E-state index in [0.717, 1.165) is 18.7 Å². The average Bonchev–Trinajstić information content (AvgIpc) is 3.33. The first-order valence-electron chi connectivity index (χ1n) is 9.33. The molecule has 0 aliphatic heterocycles. The number of anilines is 1. The van der Waals surface area contributed by atoms with Crippen molar-refractivity contribution in [2.24, 2.45) is 0 Å². The van der Waals surface area contributed by atoms with E-state index in [0.29, 0.717) is 27.0 Å². The molecule has 30 heavy (non-hydrogen) atoms. The summed E-state index contributed by atoms with van der Waals surface area (Å²) in [7, 11) is 0. The fraction of sp³-hybridized carbons (Fsp3) is 0.143. The predicted molar refractivity (Wildman–Crippen MR) is 114 cm³/mol. The average molecular weight is 440 g/mol. The van der Waals surface area contributed by atoms with Crippen LogP contribution in [0, 0.1) is 5.82 Å².